The summed E-state index contributed by atoms with van der Waals surface area (Å²) < 4.78 is 21.5. The molecule has 0 amide bonds. The van der Waals surface area contributed by atoms with Gasteiger partial charge in [0, 0.05) is 0 Å². The number of quaternary nitrogens is 2. The van der Waals surface area contributed by atoms with Gasteiger partial charge in [0.1, 0.15) is 11.5 Å². The molecule has 0 spiro atoms. The maximum Gasteiger partial charge on any atom is 0.162 e. The first-order valence-corrected chi connectivity index (χ1v) is 4.70. The molecule has 0 saturated carbocycles. The van der Waals surface area contributed by atoms with E-state index < -0.39 is 9.84 Å². The summed E-state index contributed by atoms with van der Waals surface area (Å²) in [5.74, 6) is 0.447. The zero-order valence-corrected chi connectivity index (χ0v) is 6.02. The van der Waals surface area contributed by atoms with Crippen molar-refractivity contribution in [2.75, 3.05) is 11.5 Å². The predicted molar refractivity (Wildman–Crippen MR) is 32.0 cm³/mol. The van der Waals surface area contributed by atoms with E-state index >= 15 is 0 Å². The normalized spacial score (nSPS) is 41.1. The van der Waals surface area contributed by atoms with Crippen molar-refractivity contribution in [1.29, 1.82) is 0 Å². The fraction of sp³-hybridized carbons (Fsp3) is 1.00. The quantitative estimate of drug-likeness (QED) is 0.379. The minimum atomic E-state index is -2.77. The zero-order chi connectivity index (χ0) is 7.07. The van der Waals surface area contributed by atoms with Crippen molar-refractivity contribution < 1.29 is 19.9 Å². The second-order valence-corrected chi connectivity index (χ2v) is 4.75. The van der Waals surface area contributed by atoms with Crippen LogP contribution in [0, 0.1) is 0 Å². The monoisotopic (exact) mass is 152 g/mol. The Balaban J connectivity index is 2.77. The van der Waals surface area contributed by atoms with Crippen molar-refractivity contribution in [2.45, 2.75) is 12.1 Å². The molecule has 6 N–H and O–H groups in total. The Labute approximate surface area is 54.1 Å². The molecule has 0 aromatic heterocycles. The van der Waals surface area contributed by atoms with Gasteiger partial charge in [0.15, 0.2) is 21.9 Å². The third-order valence-electron chi connectivity index (χ3n) is 1.60. The summed E-state index contributed by atoms with van der Waals surface area (Å²) in [4.78, 5) is 0. The molecule has 2 atom stereocenters. The summed E-state index contributed by atoms with van der Waals surface area (Å²) in [6.07, 6.45) is 0. The highest BCUT2D eigenvalue weighted by Crippen LogP contribution is 2.04. The molecule has 1 saturated heterocycles. The van der Waals surface area contributed by atoms with Gasteiger partial charge in [-0.25, -0.2) is 8.42 Å². The summed E-state index contributed by atoms with van der Waals surface area (Å²) in [6, 6.07) is 0.0185. The molecule has 9 heavy (non-hydrogen) atoms. The summed E-state index contributed by atoms with van der Waals surface area (Å²) >= 11 is 0. The minimum Gasteiger partial charge on any atom is -0.349 e. The fourth-order valence-electron chi connectivity index (χ4n) is 0.993. The SMILES string of the molecule is [NH3+][C@H]1CS(=O)(=O)C[C@@H]1[NH3+]. The molecule has 1 aliphatic rings. The summed E-state index contributed by atoms with van der Waals surface area (Å²) in [5.41, 5.74) is 7.34. The Morgan fingerprint density at radius 3 is 1.56 bits per heavy atom. The van der Waals surface area contributed by atoms with Crippen molar-refractivity contribution in [3.05, 3.63) is 0 Å². The van der Waals surface area contributed by atoms with Crippen LogP contribution in [0.1, 0.15) is 0 Å². The highest BCUT2D eigenvalue weighted by atomic mass is 32.2. The molecule has 5 heteroatoms. The Hall–Kier alpha value is -0.130. The molecule has 1 rings (SSSR count). The van der Waals surface area contributed by atoms with Crippen molar-refractivity contribution in [3.8, 4) is 0 Å². The van der Waals surface area contributed by atoms with Crippen molar-refractivity contribution in [3.63, 3.8) is 0 Å². The van der Waals surface area contributed by atoms with Crippen molar-refractivity contribution in [2.24, 2.45) is 0 Å². The molecule has 0 aromatic carbocycles. The first-order chi connectivity index (χ1) is 4.01. The fourth-order valence-corrected chi connectivity index (χ4v) is 2.98. The molecule has 0 aromatic rings. The van der Waals surface area contributed by atoms with Gasteiger partial charge >= 0.3 is 0 Å². The largest absolute Gasteiger partial charge is 0.349 e. The molecule has 1 aliphatic heterocycles. The second-order valence-electron chi connectivity index (χ2n) is 2.60. The topological polar surface area (TPSA) is 89.4 Å². The van der Waals surface area contributed by atoms with Gasteiger partial charge in [-0.1, -0.05) is 0 Å². The molecular weight excluding hydrogens is 140 g/mol. The Morgan fingerprint density at radius 1 is 1.11 bits per heavy atom. The number of hydrogen-bond donors (Lipinski definition) is 2. The van der Waals surface area contributed by atoms with E-state index in [9.17, 15) is 8.42 Å². The van der Waals surface area contributed by atoms with E-state index in [1.807, 2.05) is 0 Å². The highest BCUT2D eigenvalue weighted by molar-refractivity contribution is 7.91. The van der Waals surface area contributed by atoms with E-state index in [1.54, 1.807) is 0 Å². The first-order valence-electron chi connectivity index (χ1n) is 2.88. The van der Waals surface area contributed by atoms with Gasteiger partial charge in [-0.2, -0.15) is 0 Å². The zero-order valence-electron chi connectivity index (χ0n) is 5.21. The Morgan fingerprint density at radius 2 is 1.44 bits per heavy atom. The van der Waals surface area contributed by atoms with Gasteiger partial charge < -0.3 is 11.5 Å². The molecule has 0 aliphatic carbocycles. The van der Waals surface area contributed by atoms with Crippen LogP contribution in [-0.2, 0) is 9.84 Å². The predicted octanol–water partition coefficient (Wildman–Crippen LogP) is -3.36. The van der Waals surface area contributed by atoms with Gasteiger partial charge in [0.2, 0.25) is 0 Å². The van der Waals surface area contributed by atoms with Crippen LogP contribution < -0.4 is 11.5 Å². The van der Waals surface area contributed by atoms with E-state index in [1.165, 1.54) is 0 Å². The van der Waals surface area contributed by atoms with Crippen LogP contribution in [0.5, 0.6) is 0 Å². The highest BCUT2D eigenvalue weighted by Gasteiger charge is 2.38. The van der Waals surface area contributed by atoms with E-state index in [2.05, 4.69) is 11.5 Å². The molecular formula is C4H12N2O2S+2. The molecule has 0 unspecified atom stereocenters. The average molecular weight is 152 g/mol. The summed E-state index contributed by atoms with van der Waals surface area (Å²) in [6.45, 7) is 0. The van der Waals surface area contributed by atoms with Crippen LogP contribution in [0.3, 0.4) is 0 Å². The molecule has 1 fully saturated rings. The van der Waals surface area contributed by atoms with Crippen LogP contribution in [0.15, 0.2) is 0 Å². The third-order valence-corrected chi connectivity index (χ3v) is 3.47. The van der Waals surface area contributed by atoms with Crippen LogP contribution in [0.4, 0.5) is 0 Å². The van der Waals surface area contributed by atoms with Gasteiger partial charge in [0.25, 0.3) is 0 Å². The molecule has 0 radical (unpaired) electrons. The molecule has 4 nitrogen and oxygen atoms in total. The van der Waals surface area contributed by atoms with Crippen LogP contribution in [0.2, 0.25) is 0 Å². The van der Waals surface area contributed by atoms with Crippen LogP contribution >= 0.6 is 0 Å². The number of hydrogen-bond acceptors (Lipinski definition) is 2. The molecule has 0 bridgehead atoms. The minimum absolute atomic E-state index is 0.00926. The Bertz CT molecular complexity index is 183. The molecule has 54 valence electrons. The number of sulfone groups is 1. The maximum absolute atomic E-state index is 10.8. The summed E-state index contributed by atoms with van der Waals surface area (Å²) in [7, 11) is -2.77. The number of rotatable bonds is 0. The van der Waals surface area contributed by atoms with E-state index in [4.69, 9.17) is 0 Å². The van der Waals surface area contributed by atoms with Crippen molar-refractivity contribution in [1.82, 2.24) is 0 Å². The van der Waals surface area contributed by atoms with Crippen LogP contribution in [-0.4, -0.2) is 32.0 Å². The van der Waals surface area contributed by atoms with E-state index in [0.717, 1.165) is 0 Å². The van der Waals surface area contributed by atoms with Gasteiger partial charge in [-0.05, 0) is 0 Å². The van der Waals surface area contributed by atoms with E-state index in [0.29, 0.717) is 0 Å². The molecule has 1 heterocycles. The second kappa shape index (κ2) is 1.93. The van der Waals surface area contributed by atoms with Gasteiger partial charge in [0.05, 0.1) is 0 Å². The Kier molecular flexibility index (Phi) is 1.50. The van der Waals surface area contributed by atoms with Crippen LogP contribution in [0.25, 0.3) is 0 Å². The lowest BCUT2D eigenvalue weighted by molar-refractivity contribution is -0.515. The average Bonchev–Trinajstić information content (AvgIpc) is 1.79. The lowest BCUT2D eigenvalue weighted by Crippen LogP contribution is -2.79. The summed E-state index contributed by atoms with van der Waals surface area (Å²) in [5, 5.41) is 0. The smallest absolute Gasteiger partial charge is 0.162 e. The standard InChI is InChI=1S/C4H10N2O2S/c5-3-1-9(7,8)2-4(3)6/h3-4H,1-2,5-6H2/p+2/t3-,4-/m0/s1. The lowest BCUT2D eigenvalue weighted by Gasteiger charge is -1.95. The van der Waals surface area contributed by atoms with Gasteiger partial charge in [-0.3, -0.25) is 0 Å². The third kappa shape index (κ3) is 1.41. The lowest BCUT2D eigenvalue weighted by atomic mass is 10.2. The van der Waals surface area contributed by atoms with Gasteiger partial charge in [-0.15, -0.1) is 0 Å². The van der Waals surface area contributed by atoms with Crippen molar-refractivity contribution >= 4 is 9.84 Å². The maximum atomic E-state index is 10.8. The first kappa shape index (κ1) is 6.98. The van der Waals surface area contributed by atoms with E-state index in [-0.39, 0.29) is 23.6 Å².